The molecule has 0 aliphatic rings. The van der Waals surface area contributed by atoms with Crippen molar-refractivity contribution in [2.75, 3.05) is 13.2 Å². The van der Waals surface area contributed by atoms with Crippen molar-refractivity contribution in [3.8, 4) is 0 Å². The third kappa shape index (κ3) is 5.57. The van der Waals surface area contributed by atoms with Gasteiger partial charge in [-0.3, -0.25) is 0 Å². The van der Waals surface area contributed by atoms with Gasteiger partial charge in [-0.25, -0.2) is 4.79 Å². The standard InChI is InChI=1S/C7H12O4/c1-2-11-7(10)4-3-6(9)5-8/h3-4,6,8-9H,2,5H2,1H3/t6-/m0/s1. The SMILES string of the molecule is CCOC(=O)C=C[C@H](O)CO. The van der Waals surface area contributed by atoms with Gasteiger partial charge in [0.05, 0.1) is 19.3 Å². The molecule has 4 heteroatoms. The van der Waals surface area contributed by atoms with E-state index in [1.54, 1.807) is 6.92 Å². The lowest BCUT2D eigenvalue weighted by molar-refractivity contribution is -0.137. The smallest absolute Gasteiger partial charge is 0.330 e. The first-order chi connectivity index (χ1) is 5.20. The number of esters is 1. The van der Waals surface area contributed by atoms with Gasteiger partial charge in [0.15, 0.2) is 0 Å². The number of aliphatic hydroxyl groups is 2. The van der Waals surface area contributed by atoms with Gasteiger partial charge in [0.1, 0.15) is 0 Å². The van der Waals surface area contributed by atoms with Gasteiger partial charge in [0.25, 0.3) is 0 Å². The Morgan fingerprint density at radius 3 is 2.82 bits per heavy atom. The quantitative estimate of drug-likeness (QED) is 0.428. The first kappa shape index (κ1) is 10.1. The summed E-state index contributed by atoms with van der Waals surface area (Å²) in [6, 6.07) is 0. The van der Waals surface area contributed by atoms with Crippen LogP contribution >= 0.6 is 0 Å². The molecule has 0 bridgehead atoms. The summed E-state index contributed by atoms with van der Waals surface area (Å²) >= 11 is 0. The van der Waals surface area contributed by atoms with E-state index in [1.807, 2.05) is 0 Å². The van der Waals surface area contributed by atoms with Crippen LogP contribution in [0.3, 0.4) is 0 Å². The van der Waals surface area contributed by atoms with E-state index < -0.39 is 18.7 Å². The molecule has 0 heterocycles. The highest BCUT2D eigenvalue weighted by molar-refractivity contribution is 5.81. The van der Waals surface area contributed by atoms with Crippen LogP contribution in [0.25, 0.3) is 0 Å². The van der Waals surface area contributed by atoms with Gasteiger partial charge in [0.2, 0.25) is 0 Å². The van der Waals surface area contributed by atoms with Crippen molar-refractivity contribution >= 4 is 5.97 Å². The molecule has 0 saturated carbocycles. The van der Waals surface area contributed by atoms with E-state index in [-0.39, 0.29) is 0 Å². The number of hydrogen-bond acceptors (Lipinski definition) is 4. The Hall–Kier alpha value is -0.870. The van der Waals surface area contributed by atoms with E-state index in [2.05, 4.69) is 4.74 Å². The molecule has 0 radical (unpaired) electrons. The molecule has 0 unspecified atom stereocenters. The van der Waals surface area contributed by atoms with Gasteiger partial charge in [-0.05, 0) is 13.0 Å². The Bertz CT molecular complexity index is 141. The van der Waals surface area contributed by atoms with Crippen molar-refractivity contribution in [3.63, 3.8) is 0 Å². The first-order valence-corrected chi connectivity index (χ1v) is 3.34. The highest BCUT2D eigenvalue weighted by Crippen LogP contribution is 1.86. The van der Waals surface area contributed by atoms with E-state index >= 15 is 0 Å². The predicted molar refractivity (Wildman–Crippen MR) is 38.9 cm³/mol. The molecule has 64 valence electrons. The molecule has 0 rings (SSSR count). The summed E-state index contributed by atoms with van der Waals surface area (Å²) in [4.78, 5) is 10.6. The van der Waals surface area contributed by atoms with Gasteiger partial charge in [-0.2, -0.15) is 0 Å². The second-order valence-electron chi connectivity index (χ2n) is 1.86. The lowest BCUT2D eigenvalue weighted by Gasteiger charge is -1.98. The minimum absolute atomic E-state index is 0.304. The Labute approximate surface area is 65.1 Å². The third-order valence-electron chi connectivity index (χ3n) is 0.928. The molecule has 0 aliphatic heterocycles. The molecule has 11 heavy (non-hydrogen) atoms. The maximum absolute atomic E-state index is 10.6. The molecule has 0 aromatic rings. The predicted octanol–water partition coefficient (Wildman–Crippen LogP) is -0.541. The molecule has 0 aromatic heterocycles. The van der Waals surface area contributed by atoms with Gasteiger partial charge in [-0.1, -0.05) is 0 Å². The number of aliphatic hydroxyl groups excluding tert-OH is 2. The lowest BCUT2D eigenvalue weighted by Crippen LogP contribution is -2.09. The maximum atomic E-state index is 10.6. The highest BCUT2D eigenvalue weighted by Gasteiger charge is 1.97. The normalized spacial score (nSPS) is 13.4. The summed E-state index contributed by atoms with van der Waals surface area (Å²) in [6.45, 7) is 1.60. The van der Waals surface area contributed by atoms with Crippen molar-refractivity contribution in [2.45, 2.75) is 13.0 Å². The van der Waals surface area contributed by atoms with Crippen LogP contribution in [-0.2, 0) is 9.53 Å². The molecule has 0 aliphatic carbocycles. The van der Waals surface area contributed by atoms with Crippen LogP contribution in [0.4, 0.5) is 0 Å². The van der Waals surface area contributed by atoms with Crippen LogP contribution in [0.2, 0.25) is 0 Å². The Balaban J connectivity index is 3.63. The average molecular weight is 160 g/mol. The van der Waals surface area contributed by atoms with Crippen LogP contribution in [0.15, 0.2) is 12.2 Å². The summed E-state index contributed by atoms with van der Waals surface area (Å²) in [6.07, 6.45) is 1.28. The topological polar surface area (TPSA) is 66.8 Å². The van der Waals surface area contributed by atoms with Gasteiger partial charge >= 0.3 is 5.97 Å². The molecular formula is C7H12O4. The van der Waals surface area contributed by atoms with Crippen molar-refractivity contribution in [3.05, 3.63) is 12.2 Å². The Morgan fingerprint density at radius 1 is 1.73 bits per heavy atom. The van der Waals surface area contributed by atoms with Crippen LogP contribution in [0.5, 0.6) is 0 Å². The molecule has 0 saturated heterocycles. The number of ether oxygens (including phenoxy) is 1. The molecule has 0 fully saturated rings. The molecule has 1 atom stereocenters. The first-order valence-electron chi connectivity index (χ1n) is 3.34. The largest absolute Gasteiger partial charge is 0.463 e. The highest BCUT2D eigenvalue weighted by atomic mass is 16.5. The van der Waals surface area contributed by atoms with Crippen LogP contribution in [-0.4, -0.2) is 35.5 Å². The van der Waals surface area contributed by atoms with E-state index in [0.29, 0.717) is 6.61 Å². The summed E-state index contributed by atoms with van der Waals surface area (Å²) in [7, 11) is 0. The van der Waals surface area contributed by atoms with Crippen molar-refractivity contribution in [1.82, 2.24) is 0 Å². The van der Waals surface area contributed by atoms with Crippen molar-refractivity contribution in [2.24, 2.45) is 0 Å². The van der Waals surface area contributed by atoms with Crippen LogP contribution in [0, 0.1) is 0 Å². The number of carbonyl (C=O) groups is 1. The fraction of sp³-hybridized carbons (Fsp3) is 0.571. The molecule has 0 spiro atoms. The average Bonchev–Trinajstić information content (AvgIpc) is 2.01. The Kier molecular flexibility index (Phi) is 5.42. The molecular weight excluding hydrogens is 148 g/mol. The summed E-state index contributed by atoms with van der Waals surface area (Å²) in [5.74, 6) is -0.514. The van der Waals surface area contributed by atoms with Gasteiger partial charge in [0, 0.05) is 6.08 Å². The summed E-state index contributed by atoms with van der Waals surface area (Å²) in [5, 5.41) is 17.1. The van der Waals surface area contributed by atoms with E-state index in [0.717, 1.165) is 6.08 Å². The fourth-order valence-corrected chi connectivity index (χ4v) is 0.441. The lowest BCUT2D eigenvalue weighted by atomic mass is 10.3. The zero-order chi connectivity index (χ0) is 8.69. The number of rotatable bonds is 4. The minimum atomic E-state index is -0.987. The third-order valence-corrected chi connectivity index (χ3v) is 0.928. The van der Waals surface area contributed by atoms with E-state index in [9.17, 15) is 4.79 Å². The van der Waals surface area contributed by atoms with E-state index in [1.165, 1.54) is 6.08 Å². The number of carbonyl (C=O) groups excluding carboxylic acids is 1. The molecule has 0 aromatic carbocycles. The molecule has 2 N–H and O–H groups in total. The second-order valence-corrected chi connectivity index (χ2v) is 1.86. The summed E-state index contributed by atoms with van der Waals surface area (Å²) in [5.41, 5.74) is 0. The molecule has 0 amide bonds. The Morgan fingerprint density at radius 2 is 2.36 bits per heavy atom. The van der Waals surface area contributed by atoms with Crippen LogP contribution < -0.4 is 0 Å². The summed E-state index contributed by atoms with van der Waals surface area (Å²) < 4.78 is 4.52. The minimum Gasteiger partial charge on any atom is -0.463 e. The van der Waals surface area contributed by atoms with Crippen molar-refractivity contribution in [1.29, 1.82) is 0 Å². The fourth-order valence-electron chi connectivity index (χ4n) is 0.441. The monoisotopic (exact) mass is 160 g/mol. The zero-order valence-corrected chi connectivity index (χ0v) is 6.36. The second kappa shape index (κ2) is 5.88. The van der Waals surface area contributed by atoms with E-state index in [4.69, 9.17) is 10.2 Å². The van der Waals surface area contributed by atoms with Gasteiger partial charge < -0.3 is 14.9 Å². The van der Waals surface area contributed by atoms with Crippen molar-refractivity contribution < 1.29 is 19.7 Å². The van der Waals surface area contributed by atoms with Gasteiger partial charge in [-0.15, -0.1) is 0 Å². The zero-order valence-electron chi connectivity index (χ0n) is 6.36. The molecule has 4 nitrogen and oxygen atoms in total. The van der Waals surface area contributed by atoms with Crippen LogP contribution in [0.1, 0.15) is 6.92 Å². The number of hydrogen-bond donors (Lipinski definition) is 2. The maximum Gasteiger partial charge on any atom is 0.330 e.